The number of hydrogen-bond acceptors (Lipinski definition) is 10. The molecule has 2 aromatic carbocycles. The van der Waals surface area contributed by atoms with Crippen LogP contribution in [-0.2, 0) is 9.59 Å². The maximum absolute atomic E-state index is 12.5. The van der Waals surface area contributed by atoms with Gasteiger partial charge in [-0.1, -0.05) is 24.3 Å². The number of ether oxygens (including phenoxy) is 4. The Balaban J connectivity index is 1.29. The monoisotopic (exact) mass is 620 g/mol. The predicted octanol–water partition coefficient (Wildman–Crippen LogP) is 3.45. The van der Waals surface area contributed by atoms with E-state index in [9.17, 15) is 19.2 Å². The number of amides is 2. The summed E-state index contributed by atoms with van der Waals surface area (Å²) in [5.74, 6) is 0.505. The highest BCUT2D eigenvalue weighted by atomic mass is 16.6. The first-order valence-electron chi connectivity index (χ1n) is 14.7. The van der Waals surface area contributed by atoms with Gasteiger partial charge in [0.1, 0.15) is 0 Å². The van der Waals surface area contributed by atoms with Crippen LogP contribution in [0.2, 0.25) is 0 Å². The Kier molecular flexibility index (Phi) is 11.7. The second-order valence-electron chi connectivity index (χ2n) is 10.9. The van der Waals surface area contributed by atoms with Crippen molar-refractivity contribution in [1.29, 1.82) is 0 Å². The molecule has 2 aliphatic heterocycles. The zero-order valence-electron chi connectivity index (χ0n) is 26.2. The number of piperazine rings is 2. The topological polar surface area (TPSA) is 118 Å². The normalized spacial score (nSPS) is 16.2. The molecule has 2 fully saturated rings. The molecule has 12 heteroatoms. The van der Waals surface area contributed by atoms with E-state index in [1.54, 1.807) is 58.4 Å². The van der Waals surface area contributed by atoms with E-state index in [0.29, 0.717) is 48.8 Å². The first-order valence-corrected chi connectivity index (χ1v) is 14.7. The Morgan fingerprint density at radius 1 is 0.600 bits per heavy atom. The third-order valence-electron chi connectivity index (χ3n) is 7.56. The minimum absolute atomic E-state index is 0.281. The highest BCUT2D eigenvalue weighted by Gasteiger charge is 2.23. The number of carbonyl (C=O) groups is 4. The van der Waals surface area contributed by atoms with Crippen LogP contribution in [0.3, 0.4) is 0 Å². The molecule has 0 saturated carbocycles. The van der Waals surface area contributed by atoms with Gasteiger partial charge in [-0.15, -0.1) is 0 Å². The van der Waals surface area contributed by atoms with Crippen molar-refractivity contribution < 1.29 is 38.1 Å². The van der Waals surface area contributed by atoms with Crippen LogP contribution in [0.25, 0.3) is 12.2 Å². The molecule has 0 N–H and O–H groups in total. The van der Waals surface area contributed by atoms with E-state index < -0.39 is 12.2 Å². The van der Waals surface area contributed by atoms with E-state index in [1.165, 1.54) is 26.4 Å². The summed E-state index contributed by atoms with van der Waals surface area (Å²) in [6.07, 6.45) is 4.59. The van der Waals surface area contributed by atoms with Crippen LogP contribution in [-0.4, -0.2) is 124 Å². The Bertz CT molecular complexity index is 1330. The van der Waals surface area contributed by atoms with E-state index in [1.807, 2.05) is 14.1 Å². The largest absolute Gasteiger partial charge is 0.493 e. The zero-order chi connectivity index (χ0) is 32.3. The molecule has 0 aliphatic carbocycles. The molecule has 2 amide bonds. The summed E-state index contributed by atoms with van der Waals surface area (Å²) in [6.45, 7) is 5.46. The fraction of sp³-hybridized carbons (Fsp3) is 0.394. The maximum atomic E-state index is 12.5. The lowest BCUT2D eigenvalue weighted by molar-refractivity contribution is -0.121. The molecule has 0 spiro atoms. The summed E-state index contributed by atoms with van der Waals surface area (Å²) in [4.78, 5) is 57.6. The van der Waals surface area contributed by atoms with Crippen molar-refractivity contribution in [2.45, 2.75) is 6.42 Å². The van der Waals surface area contributed by atoms with Gasteiger partial charge in [-0.05, 0) is 61.6 Å². The molecule has 0 aromatic heterocycles. The number of methoxy groups -OCH3 is 2. The molecule has 240 valence electrons. The Morgan fingerprint density at radius 2 is 0.978 bits per heavy atom. The number of carbonyl (C=O) groups excluding carboxylic acids is 4. The minimum atomic E-state index is -0.439. The van der Waals surface area contributed by atoms with Crippen LogP contribution < -0.4 is 18.9 Å². The first kappa shape index (κ1) is 33.2. The van der Waals surface area contributed by atoms with Crippen LogP contribution in [0.1, 0.15) is 17.5 Å². The van der Waals surface area contributed by atoms with Crippen LogP contribution in [0, 0.1) is 0 Å². The van der Waals surface area contributed by atoms with Crippen molar-refractivity contribution in [3.8, 4) is 23.0 Å². The van der Waals surface area contributed by atoms with Gasteiger partial charge in [-0.25, -0.2) is 9.59 Å². The average Bonchev–Trinajstić information content (AvgIpc) is 3.04. The van der Waals surface area contributed by atoms with Gasteiger partial charge >= 0.3 is 12.2 Å². The number of benzene rings is 2. The van der Waals surface area contributed by atoms with Crippen molar-refractivity contribution in [1.82, 2.24) is 19.6 Å². The smallest absolute Gasteiger partial charge is 0.415 e. The van der Waals surface area contributed by atoms with E-state index in [0.717, 1.165) is 26.2 Å². The lowest BCUT2D eigenvalue weighted by Gasteiger charge is -2.31. The minimum Gasteiger partial charge on any atom is -0.493 e. The summed E-state index contributed by atoms with van der Waals surface area (Å²) in [5.41, 5.74) is 1.28. The predicted molar refractivity (Wildman–Crippen MR) is 169 cm³/mol. The third kappa shape index (κ3) is 9.65. The van der Waals surface area contributed by atoms with E-state index in [2.05, 4.69) is 9.80 Å². The number of allylic oxidation sites excluding steroid dienone is 2. The molecule has 4 rings (SSSR count). The SMILES string of the molecule is COc1cc(C=CC(=O)CC(=O)C=Cc2ccc(OC(=O)N3CCN(C)CC3)c(OC)c2)ccc1OC(=O)N1CCN(C)CC1. The van der Waals surface area contributed by atoms with Crippen LogP contribution in [0.4, 0.5) is 9.59 Å². The van der Waals surface area contributed by atoms with Gasteiger partial charge in [0, 0.05) is 52.4 Å². The Hall–Kier alpha value is -4.68. The van der Waals surface area contributed by atoms with E-state index in [-0.39, 0.29) is 29.5 Å². The highest BCUT2D eigenvalue weighted by molar-refractivity contribution is 6.10. The van der Waals surface area contributed by atoms with Crippen molar-refractivity contribution in [2.75, 3.05) is 80.7 Å². The third-order valence-corrected chi connectivity index (χ3v) is 7.56. The molecule has 2 saturated heterocycles. The quantitative estimate of drug-likeness (QED) is 0.289. The van der Waals surface area contributed by atoms with Gasteiger partial charge in [0.15, 0.2) is 34.6 Å². The number of rotatable bonds is 10. The van der Waals surface area contributed by atoms with Gasteiger partial charge in [0.05, 0.1) is 20.6 Å². The zero-order valence-corrected chi connectivity index (χ0v) is 26.2. The van der Waals surface area contributed by atoms with Crippen molar-refractivity contribution in [2.24, 2.45) is 0 Å². The van der Waals surface area contributed by atoms with Crippen LogP contribution >= 0.6 is 0 Å². The molecule has 0 bridgehead atoms. The number of nitrogens with zero attached hydrogens (tertiary/aromatic N) is 4. The second kappa shape index (κ2) is 15.9. The molecule has 0 atom stereocenters. The summed E-state index contributed by atoms with van der Waals surface area (Å²) in [5, 5.41) is 0. The van der Waals surface area contributed by atoms with Gasteiger partial charge in [0.2, 0.25) is 0 Å². The van der Waals surface area contributed by atoms with Gasteiger partial charge < -0.3 is 38.5 Å². The Morgan fingerprint density at radius 3 is 1.33 bits per heavy atom. The molecule has 45 heavy (non-hydrogen) atoms. The molecule has 0 radical (unpaired) electrons. The average molecular weight is 621 g/mol. The van der Waals surface area contributed by atoms with Gasteiger partial charge in [-0.3, -0.25) is 9.59 Å². The van der Waals surface area contributed by atoms with Crippen LogP contribution in [0.15, 0.2) is 48.6 Å². The first-order chi connectivity index (χ1) is 21.6. The molecule has 2 aliphatic rings. The summed E-state index contributed by atoms with van der Waals surface area (Å²) >= 11 is 0. The summed E-state index contributed by atoms with van der Waals surface area (Å²) < 4.78 is 21.9. The Labute approximate surface area is 263 Å². The fourth-order valence-corrected chi connectivity index (χ4v) is 4.71. The number of ketones is 2. The summed E-state index contributed by atoms with van der Waals surface area (Å²) in [7, 11) is 6.95. The maximum Gasteiger partial charge on any atom is 0.415 e. The van der Waals surface area contributed by atoms with E-state index in [4.69, 9.17) is 18.9 Å². The van der Waals surface area contributed by atoms with Crippen molar-refractivity contribution >= 4 is 35.9 Å². The van der Waals surface area contributed by atoms with Crippen molar-refractivity contribution in [3.05, 3.63) is 59.7 Å². The lowest BCUT2D eigenvalue weighted by atomic mass is 10.1. The standard InChI is InChI=1S/C33H40N4O8/c1-34-13-17-36(18-14-34)32(40)44-28-11-7-24(21-30(28)42-3)5-9-26(38)23-27(39)10-6-25-8-12-29(31(22-25)43-4)45-33(41)37-19-15-35(2)16-20-37/h5-12,21-22H,13-20,23H2,1-4H3. The van der Waals surface area contributed by atoms with E-state index >= 15 is 0 Å². The second-order valence-corrected chi connectivity index (χ2v) is 10.9. The number of hydrogen-bond donors (Lipinski definition) is 0. The fourth-order valence-electron chi connectivity index (χ4n) is 4.71. The van der Waals surface area contributed by atoms with Crippen LogP contribution in [0.5, 0.6) is 23.0 Å². The molecular formula is C33H40N4O8. The molecule has 0 unspecified atom stereocenters. The summed E-state index contributed by atoms with van der Waals surface area (Å²) in [6, 6.07) is 9.91. The highest BCUT2D eigenvalue weighted by Crippen LogP contribution is 2.30. The molecule has 2 heterocycles. The number of likely N-dealkylation sites (N-methyl/N-ethyl adjacent to an activating group) is 2. The lowest BCUT2D eigenvalue weighted by Crippen LogP contribution is -2.48. The van der Waals surface area contributed by atoms with Crippen molar-refractivity contribution in [3.63, 3.8) is 0 Å². The van der Waals surface area contributed by atoms with Gasteiger partial charge in [0.25, 0.3) is 0 Å². The molecular weight excluding hydrogens is 580 g/mol. The molecule has 2 aromatic rings. The molecule has 12 nitrogen and oxygen atoms in total. The van der Waals surface area contributed by atoms with Gasteiger partial charge in [-0.2, -0.15) is 0 Å².